The zero-order valence-electron chi connectivity index (χ0n) is 30.6. The van der Waals surface area contributed by atoms with Crippen molar-refractivity contribution in [1.82, 2.24) is 5.32 Å². The average Bonchev–Trinajstić information content (AvgIpc) is 3.41. The summed E-state index contributed by atoms with van der Waals surface area (Å²) in [5, 5.41) is 3.24. The highest BCUT2D eigenvalue weighted by atomic mass is 32.2. The van der Waals surface area contributed by atoms with E-state index in [0.29, 0.717) is 30.9 Å². The maximum Gasteiger partial charge on any atom is 0.407 e. The number of fused-ring (bicyclic) bond motifs is 3. The van der Waals surface area contributed by atoms with Crippen molar-refractivity contribution in [3.8, 4) is 11.1 Å². The highest BCUT2D eigenvalue weighted by Crippen LogP contribution is 2.44. The smallest absolute Gasteiger partial charge is 0.407 e. The predicted octanol–water partition coefficient (Wildman–Crippen LogP) is 10.3. The molecule has 0 heterocycles. The summed E-state index contributed by atoms with van der Waals surface area (Å²) in [5.74, 6) is 0.795. The molecule has 268 valence electrons. The molecule has 50 heavy (non-hydrogen) atoms. The van der Waals surface area contributed by atoms with Crippen molar-refractivity contribution in [3.05, 3.63) is 121 Å². The van der Waals surface area contributed by atoms with Gasteiger partial charge in [0, 0.05) is 11.7 Å². The normalized spacial score (nSPS) is 15.1. The Morgan fingerprint density at radius 1 is 0.840 bits per heavy atom. The van der Waals surface area contributed by atoms with Crippen molar-refractivity contribution in [2.45, 2.75) is 90.0 Å². The number of amides is 1. The van der Waals surface area contributed by atoms with Gasteiger partial charge in [-0.1, -0.05) is 130 Å². The van der Waals surface area contributed by atoms with Crippen LogP contribution >= 0.6 is 11.8 Å². The predicted molar refractivity (Wildman–Crippen MR) is 209 cm³/mol. The number of hydrogen-bond donors (Lipinski definition) is 1. The first-order valence-corrected chi connectivity index (χ1v) is 21.6. The fourth-order valence-electron chi connectivity index (χ4n) is 6.78. The van der Waals surface area contributed by atoms with Crippen LogP contribution in [-0.4, -0.2) is 44.6 Å². The first-order chi connectivity index (χ1) is 23.9. The monoisotopic (exact) mass is 713 g/mol. The van der Waals surface area contributed by atoms with Gasteiger partial charge in [0.1, 0.15) is 6.61 Å². The molecule has 6 nitrogen and oxygen atoms in total. The van der Waals surface area contributed by atoms with Crippen molar-refractivity contribution >= 4 is 31.5 Å². The molecule has 3 aromatic rings. The molecule has 1 amide bonds. The second kappa shape index (κ2) is 18.7. The lowest BCUT2D eigenvalue weighted by atomic mass is 9.93. The Kier molecular flexibility index (Phi) is 14.7. The number of carbonyl (C=O) groups is 2. The largest absolute Gasteiger partial charge is 0.449 e. The van der Waals surface area contributed by atoms with Gasteiger partial charge in [0.05, 0.1) is 24.2 Å². The van der Waals surface area contributed by atoms with Gasteiger partial charge < -0.3 is 18.9 Å². The minimum atomic E-state index is -2.89. The molecular weight excluding hydrogens is 659 g/mol. The van der Waals surface area contributed by atoms with Crippen LogP contribution < -0.4 is 5.32 Å². The lowest BCUT2D eigenvalue weighted by Gasteiger charge is -2.37. The summed E-state index contributed by atoms with van der Waals surface area (Å²) in [4.78, 5) is 27.1. The van der Waals surface area contributed by atoms with E-state index in [1.54, 1.807) is 6.08 Å². The minimum absolute atomic E-state index is 0.0279. The van der Waals surface area contributed by atoms with Crippen molar-refractivity contribution in [1.29, 1.82) is 0 Å². The van der Waals surface area contributed by atoms with Crippen molar-refractivity contribution in [2.24, 2.45) is 17.8 Å². The Morgan fingerprint density at radius 2 is 1.42 bits per heavy atom. The zero-order chi connectivity index (χ0) is 36.3. The first kappa shape index (κ1) is 39.4. The number of thioether (sulfide) groups is 1. The van der Waals surface area contributed by atoms with Gasteiger partial charge in [-0.15, -0.1) is 13.2 Å². The maximum atomic E-state index is 13.6. The quantitative estimate of drug-likeness (QED) is 0.0985. The number of ether oxygens (including phenoxy) is 1. The molecule has 1 aliphatic rings. The Morgan fingerprint density at radius 3 is 1.98 bits per heavy atom. The van der Waals surface area contributed by atoms with E-state index in [4.69, 9.17) is 13.6 Å². The van der Waals surface area contributed by atoms with Gasteiger partial charge in [-0.3, -0.25) is 4.79 Å². The fourth-order valence-corrected chi connectivity index (χ4v) is 9.69. The van der Waals surface area contributed by atoms with E-state index in [0.717, 1.165) is 5.56 Å². The molecule has 1 N–H and O–H groups in total. The summed E-state index contributed by atoms with van der Waals surface area (Å²) in [6, 6.07) is 26.3. The van der Waals surface area contributed by atoms with Gasteiger partial charge in [-0.25, -0.2) is 4.79 Å². The van der Waals surface area contributed by atoms with Gasteiger partial charge >= 0.3 is 14.7 Å². The molecule has 4 atom stereocenters. The van der Waals surface area contributed by atoms with Gasteiger partial charge in [0.2, 0.25) is 0 Å². The van der Waals surface area contributed by atoms with E-state index in [2.05, 4.69) is 70.4 Å². The van der Waals surface area contributed by atoms with Crippen LogP contribution in [0.3, 0.4) is 0 Å². The number of nitrogens with one attached hydrogen (secondary N) is 1. The van der Waals surface area contributed by atoms with Crippen LogP contribution in [-0.2, 0) is 24.1 Å². The molecule has 1 aliphatic carbocycles. The molecule has 8 heteroatoms. The Bertz CT molecular complexity index is 1530. The molecule has 0 aliphatic heterocycles. The third kappa shape index (κ3) is 11.0. The van der Waals surface area contributed by atoms with Gasteiger partial charge in [-0.05, 0) is 72.0 Å². The SMILES string of the molecule is C=CC[C@@H](O[Si](C)(C)O[C@@H](C=C)[C@H](CC(C)C)C(=O)SCc1ccccc1)[C@H](CC(C)C)NC(=O)OCC1c2ccccc2-c2ccccc21. The van der Waals surface area contributed by atoms with Crippen LogP contribution in [0.5, 0.6) is 0 Å². The standard InChI is InChI=1S/C42H55NO5SSi/c1-9-18-40(48-50(7,8)47-39(10-2)36(25-29(3)4)41(44)49-28-31-19-12-11-13-20-31)38(26-30(5)6)43-42(45)46-27-37-34-23-16-14-21-32(34)33-22-15-17-24-35(33)37/h9-17,19-24,29-30,36-40H,1-2,18,25-28H2,3-8H3,(H,43,45)/t36-,38-,39-,40+/m0/s1. The van der Waals surface area contributed by atoms with E-state index in [1.807, 2.05) is 73.8 Å². The molecule has 0 aromatic heterocycles. The summed E-state index contributed by atoms with van der Waals surface area (Å²) in [7, 11) is -2.89. The number of carbonyl (C=O) groups excluding carboxylic acids is 2. The number of rotatable bonds is 19. The van der Waals surface area contributed by atoms with Crippen LogP contribution in [0.2, 0.25) is 13.1 Å². The van der Waals surface area contributed by atoms with Crippen LogP contribution in [0.15, 0.2) is 104 Å². The van der Waals surface area contributed by atoms with Crippen molar-refractivity contribution in [2.75, 3.05) is 6.61 Å². The Hall–Kier alpha value is -3.43. The van der Waals surface area contributed by atoms with Gasteiger partial charge in [-0.2, -0.15) is 0 Å². The summed E-state index contributed by atoms with van der Waals surface area (Å²) < 4.78 is 19.5. The van der Waals surface area contributed by atoms with Crippen molar-refractivity contribution < 1.29 is 23.2 Å². The van der Waals surface area contributed by atoms with Crippen molar-refractivity contribution in [3.63, 3.8) is 0 Å². The summed E-state index contributed by atoms with van der Waals surface area (Å²) in [5.41, 5.74) is 5.82. The second-order valence-electron chi connectivity index (χ2n) is 14.4. The minimum Gasteiger partial charge on any atom is -0.449 e. The average molecular weight is 714 g/mol. The third-order valence-corrected chi connectivity index (χ3v) is 11.7. The lowest BCUT2D eigenvalue weighted by Crippen LogP contribution is -2.52. The fraction of sp³-hybridized carbons (Fsp3) is 0.429. The van der Waals surface area contributed by atoms with Crippen LogP contribution in [0.25, 0.3) is 11.1 Å². The van der Waals surface area contributed by atoms with E-state index in [9.17, 15) is 9.59 Å². The zero-order valence-corrected chi connectivity index (χ0v) is 32.4. The highest BCUT2D eigenvalue weighted by molar-refractivity contribution is 8.13. The van der Waals surface area contributed by atoms with Crippen LogP contribution in [0.1, 0.15) is 69.6 Å². The summed E-state index contributed by atoms with van der Waals surface area (Å²) in [6.07, 6.45) is 4.07. The first-order valence-electron chi connectivity index (χ1n) is 17.8. The molecule has 0 spiro atoms. The third-order valence-electron chi connectivity index (χ3n) is 8.96. The molecule has 0 saturated carbocycles. The van der Waals surface area contributed by atoms with Crippen LogP contribution in [0.4, 0.5) is 4.79 Å². The summed E-state index contributed by atoms with van der Waals surface area (Å²) in [6.45, 7) is 20.8. The summed E-state index contributed by atoms with van der Waals surface area (Å²) >= 11 is 1.33. The molecule has 0 radical (unpaired) electrons. The topological polar surface area (TPSA) is 73.9 Å². The second-order valence-corrected chi connectivity index (χ2v) is 18.7. The number of alkyl carbamates (subject to hydrolysis) is 1. The number of benzene rings is 3. The molecule has 0 bridgehead atoms. The number of hydrogen-bond acceptors (Lipinski definition) is 6. The van der Waals surface area contributed by atoms with E-state index >= 15 is 0 Å². The van der Waals surface area contributed by atoms with Gasteiger partial charge in [0.15, 0.2) is 5.12 Å². The Balaban J connectivity index is 1.44. The van der Waals surface area contributed by atoms with E-state index < -0.39 is 26.9 Å². The molecule has 0 fully saturated rings. The molecule has 0 saturated heterocycles. The maximum absolute atomic E-state index is 13.6. The lowest BCUT2D eigenvalue weighted by molar-refractivity contribution is -0.117. The molecule has 3 aromatic carbocycles. The molecule has 4 rings (SSSR count). The molecule has 0 unspecified atom stereocenters. The molecular formula is C42H55NO5SSi. The van der Waals surface area contributed by atoms with E-state index in [1.165, 1.54) is 34.0 Å². The van der Waals surface area contributed by atoms with Crippen LogP contribution in [0, 0.1) is 17.8 Å². The Labute approximate surface area is 305 Å². The van der Waals surface area contributed by atoms with Gasteiger partial charge in [0.25, 0.3) is 0 Å². The highest BCUT2D eigenvalue weighted by Gasteiger charge is 2.39. The van der Waals surface area contributed by atoms with E-state index in [-0.39, 0.29) is 35.5 Å².